The smallest absolute Gasteiger partial charge is 0.343 e. The van der Waals surface area contributed by atoms with Gasteiger partial charge in [-0.15, -0.1) is 0 Å². The number of esters is 1. The molecular weight excluding hydrogens is 520 g/mol. The van der Waals surface area contributed by atoms with E-state index in [1.54, 1.807) is 18.9 Å². The minimum atomic E-state index is -1.86. The largest absolute Gasteiger partial charge is 0.458 e. The Morgan fingerprint density at radius 1 is 1.42 bits per heavy atom. The van der Waals surface area contributed by atoms with Crippen LogP contribution in [-0.2, 0) is 33.1 Å². The lowest BCUT2D eigenvalue weighted by atomic mass is 9.87. The number of aliphatic hydroxyl groups is 1. The number of ether oxygens (including phenoxy) is 1. The van der Waals surface area contributed by atoms with Crippen LogP contribution in [0.4, 0.5) is 10.2 Å². The fourth-order valence-electron chi connectivity index (χ4n) is 3.83. The second-order valence-electron chi connectivity index (χ2n) is 7.25. The van der Waals surface area contributed by atoms with Gasteiger partial charge in [0.05, 0.1) is 33.2 Å². The zero-order valence-corrected chi connectivity index (χ0v) is 18.8. The van der Waals surface area contributed by atoms with Gasteiger partial charge in [-0.25, -0.2) is 19.0 Å². The molecule has 8 nitrogen and oxygen atoms in total. The molecule has 0 bridgehead atoms. The van der Waals surface area contributed by atoms with Crippen LogP contribution in [0.25, 0.3) is 5.57 Å². The van der Waals surface area contributed by atoms with E-state index in [0.29, 0.717) is 20.7 Å². The molecule has 0 amide bonds. The summed E-state index contributed by atoms with van der Waals surface area (Å²) in [6.07, 6.45) is 2.61. The number of aromatic nitrogens is 2. The maximum Gasteiger partial charge on any atom is 0.343 e. The number of halogens is 2. The molecule has 0 saturated carbocycles. The van der Waals surface area contributed by atoms with E-state index in [4.69, 9.17) is 4.74 Å². The molecule has 0 aromatic carbocycles. The summed E-state index contributed by atoms with van der Waals surface area (Å²) in [6.45, 7) is 1.47. The van der Waals surface area contributed by atoms with Crippen LogP contribution in [0.2, 0.25) is 0 Å². The molecule has 0 spiro atoms. The van der Waals surface area contributed by atoms with Gasteiger partial charge in [0.25, 0.3) is 5.56 Å². The van der Waals surface area contributed by atoms with E-state index in [-0.39, 0.29) is 36.3 Å². The first-order valence-corrected chi connectivity index (χ1v) is 10.5. The van der Waals surface area contributed by atoms with Crippen LogP contribution in [0.3, 0.4) is 0 Å². The zero-order chi connectivity index (χ0) is 22.5. The number of cyclic esters (lactones) is 1. The van der Waals surface area contributed by atoms with Crippen molar-refractivity contribution >= 4 is 45.9 Å². The molecule has 0 fully saturated rings. The van der Waals surface area contributed by atoms with Gasteiger partial charge in [-0.3, -0.25) is 4.79 Å². The van der Waals surface area contributed by atoms with E-state index in [0.717, 1.165) is 6.20 Å². The van der Waals surface area contributed by atoms with Gasteiger partial charge in [0, 0.05) is 24.4 Å². The minimum absolute atomic E-state index is 0.0700. The third kappa shape index (κ3) is 3.22. The van der Waals surface area contributed by atoms with Gasteiger partial charge in [0.15, 0.2) is 5.60 Å². The van der Waals surface area contributed by atoms with Gasteiger partial charge >= 0.3 is 5.97 Å². The molecule has 160 valence electrons. The molecule has 2 aromatic rings. The summed E-state index contributed by atoms with van der Waals surface area (Å²) in [5.41, 5.74) is -0.764. The maximum atomic E-state index is 13.7. The highest BCUT2D eigenvalue weighted by molar-refractivity contribution is 14.1. The van der Waals surface area contributed by atoms with Crippen molar-refractivity contribution < 1.29 is 23.8 Å². The maximum absolute atomic E-state index is 13.7. The van der Waals surface area contributed by atoms with E-state index >= 15 is 0 Å². The van der Waals surface area contributed by atoms with Crippen molar-refractivity contribution in [2.75, 3.05) is 11.9 Å². The van der Waals surface area contributed by atoms with Crippen molar-refractivity contribution in [1.29, 1.82) is 0 Å². The topological polar surface area (TPSA) is 102 Å². The first-order chi connectivity index (χ1) is 14.7. The third-order valence-electron chi connectivity index (χ3n) is 5.63. The fourth-order valence-corrected chi connectivity index (χ4v) is 4.77. The van der Waals surface area contributed by atoms with Crippen LogP contribution in [0.1, 0.15) is 30.0 Å². The Morgan fingerprint density at radius 3 is 2.84 bits per heavy atom. The van der Waals surface area contributed by atoms with Crippen LogP contribution < -0.4 is 10.5 Å². The quantitative estimate of drug-likeness (QED) is 0.364. The molecule has 0 unspecified atom stereocenters. The monoisotopic (exact) mass is 537 g/mol. The van der Waals surface area contributed by atoms with Gasteiger partial charge in [0.2, 0.25) is 0 Å². The highest BCUT2D eigenvalue weighted by Gasteiger charge is 2.44. The number of anilines is 1. The number of nitrogens with zero attached hydrogens (tertiary/aromatic N) is 3. The van der Waals surface area contributed by atoms with E-state index in [1.165, 1.54) is 22.9 Å². The Bertz CT molecular complexity index is 1260. The van der Waals surface area contributed by atoms with Crippen LogP contribution in [-0.4, -0.2) is 33.6 Å². The summed E-state index contributed by atoms with van der Waals surface area (Å²) in [5.74, 6) is 0.871. The van der Waals surface area contributed by atoms with Gasteiger partial charge in [-0.2, -0.15) is 0 Å². The molecule has 0 saturated heterocycles. The van der Waals surface area contributed by atoms with Crippen molar-refractivity contribution in [2.45, 2.75) is 32.1 Å². The third-order valence-corrected chi connectivity index (χ3v) is 6.79. The summed E-state index contributed by atoms with van der Waals surface area (Å²) in [4.78, 5) is 42.6. The predicted octanol–water partition coefficient (Wildman–Crippen LogP) is 2.05. The first kappa shape index (κ1) is 21.4. The molecule has 2 aliphatic rings. The Balaban J connectivity index is 1.80. The zero-order valence-electron chi connectivity index (χ0n) is 16.6. The molecular formula is C21H17FIN3O5. The van der Waals surface area contributed by atoms with E-state index in [1.807, 2.05) is 28.5 Å². The average molecular weight is 537 g/mol. The Labute approximate surface area is 189 Å². The molecule has 4 rings (SSSR count). The Hall–Kier alpha value is -2.82. The molecule has 2 aliphatic heterocycles. The number of rotatable bonds is 3. The summed E-state index contributed by atoms with van der Waals surface area (Å²) >= 11 is 1.96. The van der Waals surface area contributed by atoms with E-state index < -0.39 is 22.9 Å². The number of carbonyl (C=O) groups is 1. The van der Waals surface area contributed by atoms with Gasteiger partial charge in [0.1, 0.15) is 24.2 Å². The first-order valence-electron chi connectivity index (χ1n) is 9.39. The van der Waals surface area contributed by atoms with E-state index in [9.17, 15) is 23.9 Å². The van der Waals surface area contributed by atoms with E-state index in [2.05, 4.69) is 4.98 Å². The minimum Gasteiger partial charge on any atom is -0.458 e. The second kappa shape index (κ2) is 7.70. The van der Waals surface area contributed by atoms with Crippen molar-refractivity contribution in [3.63, 3.8) is 0 Å². The van der Waals surface area contributed by atoms with Crippen molar-refractivity contribution in [3.05, 3.63) is 66.7 Å². The lowest BCUT2D eigenvalue weighted by molar-refractivity contribution is -0.172. The normalized spacial score (nSPS) is 20.2. The van der Waals surface area contributed by atoms with Crippen molar-refractivity contribution in [1.82, 2.24) is 9.55 Å². The highest BCUT2D eigenvalue weighted by atomic mass is 127. The van der Waals surface area contributed by atoms with Crippen molar-refractivity contribution in [2.24, 2.45) is 0 Å². The fraction of sp³-hybridized carbons (Fsp3) is 0.286. The number of hydrogen-bond donors (Lipinski definition) is 1. The number of carbonyl (C=O) groups excluding carboxylic acids is 2. The van der Waals surface area contributed by atoms with Crippen LogP contribution >= 0.6 is 22.6 Å². The molecule has 2 aromatic heterocycles. The molecule has 0 radical (unpaired) electrons. The molecule has 0 aliphatic carbocycles. The van der Waals surface area contributed by atoms with Gasteiger partial charge in [-0.05, 0) is 41.1 Å². The lowest BCUT2D eigenvalue weighted by Gasteiger charge is -2.32. The average Bonchev–Trinajstić information content (AvgIpc) is 2.75. The number of fused-ring (bicyclic) bond motifs is 2. The summed E-state index contributed by atoms with van der Waals surface area (Å²) in [5, 5.41) is 10.7. The predicted molar refractivity (Wildman–Crippen MR) is 117 cm³/mol. The van der Waals surface area contributed by atoms with Crippen molar-refractivity contribution in [3.8, 4) is 0 Å². The van der Waals surface area contributed by atoms with Gasteiger partial charge < -0.3 is 19.3 Å². The van der Waals surface area contributed by atoms with Gasteiger partial charge in [-0.1, -0.05) is 6.92 Å². The molecule has 31 heavy (non-hydrogen) atoms. The lowest BCUT2D eigenvalue weighted by Crippen LogP contribution is -2.44. The highest BCUT2D eigenvalue weighted by Crippen LogP contribution is 2.41. The van der Waals surface area contributed by atoms with Crippen LogP contribution in [0.5, 0.6) is 0 Å². The Morgan fingerprint density at radius 2 is 2.16 bits per heavy atom. The summed E-state index contributed by atoms with van der Waals surface area (Å²) in [6, 6.07) is 2.76. The number of hydrogen-bond acceptors (Lipinski definition) is 7. The SMILES string of the molecule is CC[C@@]1(O)C(=O)OCc2c1ccn(CC1=C(I)C(=C=O)c3cc(F)cnc3N1C)c2=O. The van der Waals surface area contributed by atoms with Crippen LogP contribution in [0, 0.1) is 5.82 Å². The standard InChI is InChI=1S/C21H17FIN3O5/c1-3-21(30)15-4-5-26(19(28)14(15)10-31-20(21)29)8-16-17(23)13(9-27)12-6-11(22)7-24-18(12)25(16)2/h4-7,30H,3,8,10H2,1-2H3/t21-/m0/s1. The molecule has 4 heterocycles. The number of likely N-dealkylation sites (N-methyl/N-ethyl adjacent to an activating group) is 1. The number of pyridine rings is 2. The molecule has 1 atom stereocenters. The summed E-state index contributed by atoms with van der Waals surface area (Å²) in [7, 11) is 1.71. The second-order valence-corrected chi connectivity index (χ2v) is 8.33. The Kier molecular flexibility index (Phi) is 5.32. The molecule has 10 heteroatoms. The van der Waals surface area contributed by atoms with Crippen LogP contribution in [0.15, 0.2) is 38.6 Å². The number of allylic oxidation sites excluding steroid dienone is 3. The summed E-state index contributed by atoms with van der Waals surface area (Å²) < 4.78 is 20.6. The molecule has 1 N–H and O–H groups in total.